The van der Waals surface area contributed by atoms with Crippen molar-refractivity contribution in [1.82, 2.24) is 10.2 Å². The third kappa shape index (κ3) is 7.42. The van der Waals surface area contributed by atoms with Gasteiger partial charge in [-0.1, -0.05) is 0 Å². The van der Waals surface area contributed by atoms with Crippen LogP contribution in [0, 0.1) is 0 Å². The van der Waals surface area contributed by atoms with Gasteiger partial charge in [-0.25, -0.2) is 0 Å². The molecular weight excluding hydrogens is 529 g/mol. The molecule has 0 spiro atoms. The minimum absolute atomic E-state index is 0.267. The van der Waals surface area contributed by atoms with Crippen LogP contribution in [-0.2, 0) is 0 Å². The molecule has 3 rings (SSSR count). The number of para-hydroxylation sites is 1. The number of rotatable bonds is 14. The van der Waals surface area contributed by atoms with Crippen LogP contribution in [0.4, 0.5) is 6.01 Å². The van der Waals surface area contributed by atoms with Crippen LogP contribution in [0.25, 0.3) is 11.5 Å². The number of unbranched alkanes of at least 4 members (excludes halogenated alkanes) is 3. The third-order valence-corrected chi connectivity index (χ3v) is 19.0. The summed E-state index contributed by atoms with van der Waals surface area (Å²) in [6, 6.07) is 18.4. The van der Waals surface area contributed by atoms with E-state index in [9.17, 15) is 0 Å². The molecule has 0 aliphatic heterocycles. The fraction of sp³-hybridized carbons (Fsp3) is 0.464. The summed E-state index contributed by atoms with van der Waals surface area (Å²) in [4.78, 5) is 4.67. The first-order valence-electron chi connectivity index (χ1n) is 12.8. The Labute approximate surface area is 209 Å². The van der Waals surface area contributed by atoms with Crippen molar-refractivity contribution in [2.75, 3.05) is 0 Å². The molecule has 182 valence electrons. The van der Waals surface area contributed by atoms with Gasteiger partial charge in [-0.2, -0.15) is 0 Å². The Morgan fingerprint density at radius 1 is 0.824 bits per heavy atom. The van der Waals surface area contributed by atoms with E-state index >= 15 is 0 Å². The summed E-state index contributed by atoms with van der Waals surface area (Å²) in [6.45, 7) is 8.86. The predicted octanol–water partition coefficient (Wildman–Crippen LogP) is 8.60. The van der Waals surface area contributed by atoms with Crippen LogP contribution in [0.3, 0.4) is 0 Å². The zero-order chi connectivity index (χ0) is 24.2. The van der Waals surface area contributed by atoms with Crippen molar-refractivity contribution in [2.24, 2.45) is 4.99 Å². The van der Waals surface area contributed by atoms with Crippen molar-refractivity contribution >= 4 is 30.5 Å². The van der Waals surface area contributed by atoms with Crippen LogP contribution in [0.15, 0.2) is 64.0 Å². The molecule has 2 aromatic carbocycles. The number of nitrogens with zero attached hydrogens (tertiary/aromatic N) is 3. The van der Waals surface area contributed by atoms with Crippen LogP contribution in [0.2, 0.25) is 13.3 Å². The maximum absolute atomic E-state index is 7.14. The van der Waals surface area contributed by atoms with Crippen LogP contribution >= 0.6 is 0 Å². The SMILES string of the molecule is CCC[CH2][Sn]([CH2]CCC)([CH2]CCC)[O]c1ccccc1/C(C)=N/c1nnc(-c2ccccc2)o1. The summed E-state index contributed by atoms with van der Waals surface area (Å²) < 4.78 is 16.8. The second-order valence-corrected chi connectivity index (χ2v) is 20.7. The van der Waals surface area contributed by atoms with Gasteiger partial charge < -0.3 is 0 Å². The average molecular weight is 568 g/mol. The molecule has 0 unspecified atom stereocenters. The second-order valence-electron chi connectivity index (χ2n) is 9.04. The second kappa shape index (κ2) is 13.7. The molecule has 0 aliphatic rings. The first-order valence-corrected chi connectivity index (χ1v) is 20.1. The molecule has 0 fully saturated rings. The molecule has 0 N–H and O–H groups in total. The summed E-state index contributed by atoms with van der Waals surface area (Å²) in [5.41, 5.74) is 2.74. The van der Waals surface area contributed by atoms with E-state index in [4.69, 9.17) is 7.49 Å². The van der Waals surface area contributed by atoms with Crippen molar-refractivity contribution in [3.05, 3.63) is 60.2 Å². The number of aromatic nitrogens is 2. The molecule has 3 aromatic rings. The summed E-state index contributed by atoms with van der Waals surface area (Å²) in [5, 5.41) is 8.32. The Bertz CT molecular complexity index is 1010. The van der Waals surface area contributed by atoms with Gasteiger partial charge in [0.05, 0.1) is 0 Å². The quantitative estimate of drug-likeness (QED) is 0.144. The Morgan fingerprint density at radius 3 is 2.03 bits per heavy atom. The first-order chi connectivity index (χ1) is 16.6. The first kappa shape index (κ1) is 26.5. The van der Waals surface area contributed by atoms with E-state index in [0.29, 0.717) is 5.89 Å². The number of aliphatic imine (C=N–C) groups is 1. The topological polar surface area (TPSA) is 60.5 Å². The molecule has 0 amide bonds. The Balaban J connectivity index is 1.89. The molecule has 0 bridgehead atoms. The van der Waals surface area contributed by atoms with E-state index in [2.05, 4.69) is 54.2 Å². The summed E-state index contributed by atoms with van der Waals surface area (Å²) in [7, 11) is 0. The van der Waals surface area contributed by atoms with Crippen molar-refractivity contribution in [1.29, 1.82) is 0 Å². The Morgan fingerprint density at radius 2 is 1.41 bits per heavy atom. The number of hydrogen-bond donors (Lipinski definition) is 0. The van der Waals surface area contributed by atoms with Crippen molar-refractivity contribution in [2.45, 2.75) is 79.5 Å². The number of hydrogen-bond acceptors (Lipinski definition) is 5. The molecule has 0 saturated carbocycles. The van der Waals surface area contributed by atoms with Crippen molar-refractivity contribution in [3.63, 3.8) is 0 Å². The van der Waals surface area contributed by atoms with Gasteiger partial charge in [0.25, 0.3) is 0 Å². The molecule has 5 nitrogen and oxygen atoms in total. The fourth-order valence-electron chi connectivity index (χ4n) is 4.27. The predicted molar refractivity (Wildman–Crippen MR) is 144 cm³/mol. The Kier molecular flexibility index (Phi) is 10.6. The van der Waals surface area contributed by atoms with Gasteiger partial charge >= 0.3 is 210 Å². The van der Waals surface area contributed by atoms with E-state index < -0.39 is 18.8 Å². The molecule has 0 radical (unpaired) electrons. The van der Waals surface area contributed by atoms with Gasteiger partial charge in [0.1, 0.15) is 0 Å². The zero-order valence-corrected chi connectivity index (χ0v) is 24.1. The monoisotopic (exact) mass is 569 g/mol. The molecule has 0 saturated heterocycles. The molecule has 1 aromatic heterocycles. The number of benzene rings is 2. The van der Waals surface area contributed by atoms with E-state index in [-0.39, 0.29) is 6.01 Å². The van der Waals surface area contributed by atoms with E-state index in [0.717, 1.165) is 22.6 Å². The van der Waals surface area contributed by atoms with Crippen LogP contribution < -0.4 is 3.07 Å². The molecule has 0 atom stereocenters. The molecule has 0 aliphatic carbocycles. The van der Waals surface area contributed by atoms with E-state index in [1.807, 2.05) is 43.3 Å². The normalized spacial score (nSPS) is 12.2. The third-order valence-electron chi connectivity index (χ3n) is 6.26. The van der Waals surface area contributed by atoms with Gasteiger partial charge in [0, 0.05) is 0 Å². The van der Waals surface area contributed by atoms with Gasteiger partial charge in [-0.15, -0.1) is 0 Å². The van der Waals surface area contributed by atoms with Crippen LogP contribution in [0.1, 0.15) is 71.8 Å². The maximum atomic E-state index is 7.14. The van der Waals surface area contributed by atoms with Gasteiger partial charge in [-0.3, -0.25) is 0 Å². The minimum atomic E-state index is -2.83. The van der Waals surface area contributed by atoms with Crippen LogP contribution in [0.5, 0.6) is 5.75 Å². The van der Waals surface area contributed by atoms with E-state index in [1.165, 1.54) is 51.8 Å². The molecule has 1 heterocycles. The van der Waals surface area contributed by atoms with Crippen molar-refractivity contribution in [3.8, 4) is 17.2 Å². The van der Waals surface area contributed by atoms with Gasteiger partial charge in [-0.05, 0) is 0 Å². The molecular formula is C28H39N3O2Sn. The summed E-state index contributed by atoms with van der Waals surface area (Å²) in [5.74, 6) is 1.45. The summed E-state index contributed by atoms with van der Waals surface area (Å²) >= 11 is -2.83. The van der Waals surface area contributed by atoms with E-state index in [1.54, 1.807) is 0 Å². The molecule has 6 heteroatoms. The fourth-order valence-corrected chi connectivity index (χ4v) is 17.7. The van der Waals surface area contributed by atoms with Gasteiger partial charge in [0.2, 0.25) is 0 Å². The molecule has 34 heavy (non-hydrogen) atoms. The van der Waals surface area contributed by atoms with Crippen LogP contribution in [-0.4, -0.2) is 34.7 Å². The average Bonchev–Trinajstić information content (AvgIpc) is 3.34. The van der Waals surface area contributed by atoms with Crippen molar-refractivity contribution < 1.29 is 7.49 Å². The Hall–Kier alpha value is -2.15. The summed E-state index contributed by atoms with van der Waals surface area (Å²) in [6.07, 6.45) is 7.48. The standard InChI is InChI=1S/C16H13N3O2.3C4H9.Sn/c1-11(13-9-5-6-10-14(13)20)17-16-19-18-15(21-16)12-7-3-2-4-8-12;3*1-3-4-2;/h2-10,20H,1H3;3*1,3-4H2,2H3;/q;;;;+1/p-1/b17-11+;;;;. The zero-order valence-electron chi connectivity index (χ0n) is 21.2. The van der Waals surface area contributed by atoms with Gasteiger partial charge in [0.15, 0.2) is 0 Å².